The number of rotatable bonds is 6. The zero-order chi connectivity index (χ0) is 21.1. The lowest BCUT2D eigenvalue weighted by Crippen LogP contribution is -2.50. The highest BCUT2D eigenvalue weighted by Gasteiger charge is 2.23. The lowest BCUT2D eigenvalue weighted by Gasteiger charge is -2.21. The number of phenolic OH excluding ortho intramolecular Hbond substituents is 1. The van der Waals surface area contributed by atoms with Gasteiger partial charge in [0.1, 0.15) is 11.8 Å². The minimum Gasteiger partial charge on any atom is -0.508 e. The van der Waals surface area contributed by atoms with Crippen molar-refractivity contribution in [1.29, 1.82) is 0 Å². The van der Waals surface area contributed by atoms with Gasteiger partial charge in [-0.25, -0.2) is 4.79 Å². The van der Waals surface area contributed by atoms with Crippen molar-refractivity contribution in [3.63, 3.8) is 0 Å². The molecule has 1 heterocycles. The largest absolute Gasteiger partial charge is 0.508 e. The van der Waals surface area contributed by atoms with Crippen LogP contribution in [-0.2, 0) is 18.3 Å². The predicted octanol–water partition coefficient (Wildman–Crippen LogP) is 2.65. The summed E-state index contributed by atoms with van der Waals surface area (Å²) in [5.41, 5.74) is 9.30. The number of nitrogens with zero attached hydrogens (tertiary/aromatic N) is 1. The van der Waals surface area contributed by atoms with E-state index in [1.54, 1.807) is 12.1 Å². The number of primary amides is 1. The standard InChI is InChI=1S/C22H26N4O3/c1-13-4-9-20-17(10-13)18(12-26(20)3)14(2)24-21(28)19(25-22(23)29)11-15-5-7-16(27)8-6-15/h4-10,12,14,19,27H,11H2,1-3H3,(H,24,28)(H3,23,25,29)/t14?,19-/m0/s1. The Balaban J connectivity index is 1.80. The molecule has 0 saturated carbocycles. The summed E-state index contributed by atoms with van der Waals surface area (Å²) >= 11 is 0. The molecule has 0 saturated heterocycles. The number of phenols is 1. The van der Waals surface area contributed by atoms with Crippen molar-refractivity contribution >= 4 is 22.8 Å². The Bertz CT molecular complexity index is 1040. The minimum absolute atomic E-state index is 0.137. The molecular formula is C22H26N4O3. The molecular weight excluding hydrogens is 368 g/mol. The molecule has 0 fully saturated rings. The van der Waals surface area contributed by atoms with Crippen LogP contribution in [0.5, 0.6) is 5.75 Å². The fourth-order valence-electron chi connectivity index (χ4n) is 3.52. The van der Waals surface area contributed by atoms with Crippen molar-refractivity contribution in [3.05, 3.63) is 65.4 Å². The lowest BCUT2D eigenvalue weighted by atomic mass is 10.0. The maximum Gasteiger partial charge on any atom is 0.312 e. The molecule has 1 unspecified atom stereocenters. The van der Waals surface area contributed by atoms with Crippen LogP contribution in [0.1, 0.15) is 29.7 Å². The van der Waals surface area contributed by atoms with Crippen molar-refractivity contribution in [2.75, 3.05) is 0 Å². The number of benzene rings is 2. The second-order valence-electron chi connectivity index (χ2n) is 7.38. The van der Waals surface area contributed by atoms with Crippen LogP contribution in [0, 0.1) is 6.92 Å². The number of fused-ring (bicyclic) bond motifs is 1. The Morgan fingerprint density at radius 2 is 1.83 bits per heavy atom. The number of hydrogen-bond acceptors (Lipinski definition) is 3. The Hall–Kier alpha value is -3.48. The van der Waals surface area contributed by atoms with Gasteiger partial charge in [-0.3, -0.25) is 4.79 Å². The van der Waals surface area contributed by atoms with Gasteiger partial charge in [0.25, 0.3) is 0 Å². The van der Waals surface area contributed by atoms with Gasteiger partial charge in [-0.15, -0.1) is 0 Å². The van der Waals surface area contributed by atoms with Gasteiger partial charge in [0.05, 0.1) is 6.04 Å². The first-order valence-corrected chi connectivity index (χ1v) is 9.44. The molecule has 3 amide bonds. The van der Waals surface area contributed by atoms with Crippen LogP contribution in [0.25, 0.3) is 10.9 Å². The number of aryl methyl sites for hydroxylation is 2. The maximum atomic E-state index is 12.9. The van der Waals surface area contributed by atoms with Gasteiger partial charge >= 0.3 is 6.03 Å². The molecule has 2 atom stereocenters. The van der Waals surface area contributed by atoms with Crippen LogP contribution in [0.4, 0.5) is 4.79 Å². The molecule has 7 heteroatoms. The Morgan fingerprint density at radius 3 is 2.48 bits per heavy atom. The summed E-state index contributed by atoms with van der Waals surface area (Å²) in [6, 6.07) is 10.8. The summed E-state index contributed by atoms with van der Waals surface area (Å²) in [5, 5.41) is 16.0. The molecule has 3 aromatic rings. The molecule has 29 heavy (non-hydrogen) atoms. The average Bonchev–Trinajstić information content (AvgIpc) is 2.98. The Labute approximate surface area is 169 Å². The Morgan fingerprint density at radius 1 is 1.14 bits per heavy atom. The van der Waals surface area contributed by atoms with E-state index in [4.69, 9.17) is 5.73 Å². The van der Waals surface area contributed by atoms with Gasteiger partial charge in [-0.1, -0.05) is 23.8 Å². The summed E-state index contributed by atoms with van der Waals surface area (Å²) in [5.74, 6) is -0.188. The van der Waals surface area contributed by atoms with Crippen LogP contribution in [0.2, 0.25) is 0 Å². The highest BCUT2D eigenvalue weighted by atomic mass is 16.3. The van der Waals surface area contributed by atoms with E-state index in [9.17, 15) is 14.7 Å². The van der Waals surface area contributed by atoms with Crippen LogP contribution < -0.4 is 16.4 Å². The molecule has 0 aliphatic rings. The monoisotopic (exact) mass is 394 g/mol. The zero-order valence-corrected chi connectivity index (χ0v) is 16.8. The number of nitrogens with one attached hydrogen (secondary N) is 2. The summed E-state index contributed by atoms with van der Waals surface area (Å²) in [4.78, 5) is 24.3. The van der Waals surface area contributed by atoms with Gasteiger partial charge in [0.15, 0.2) is 0 Å². The molecule has 7 nitrogen and oxygen atoms in total. The first kappa shape index (κ1) is 20.3. The van der Waals surface area contributed by atoms with Crippen molar-refractivity contribution in [2.45, 2.75) is 32.4 Å². The van der Waals surface area contributed by atoms with Gasteiger partial charge < -0.3 is 26.0 Å². The third-order valence-corrected chi connectivity index (χ3v) is 5.01. The molecule has 2 aromatic carbocycles. The minimum atomic E-state index is -0.823. The van der Waals surface area contributed by atoms with Crippen LogP contribution in [0.15, 0.2) is 48.7 Å². The molecule has 5 N–H and O–H groups in total. The second-order valence-corrected chi connectivity index (χ2v) is 7.38. The number of carbonyl (C=O) groups is 2. The molecule has 0 aliphatic carbocycles. The predicted molar refractivity (Wildman–Crippen MR) is 113 cm³/mol. The number of aromatic hydroxyl groups is 1. The fourth-order valence-corrected chi connectivity index (χ4v) is 3.52. The molecule has 1 aromatic heterocycles. The number of urea groups is 1. The number of nitrogens with two attached hydrogens (primary N) is 1. The van der Waals surface area contributed by atoms with E-state index in [2.05, 4.69) is 28.8 Å². The van der Waals surface area contributed by atoms with Crippen LogP contribution in [-0.4, -0.2) is 27.7 Å². The van der Waals surface area contributed by atoms with Crippen molar-refractivity contribution in [1.82, 2.24) is 15.2 Å². The highest BCUT2D eigenvalue weighted by molar-refractivity contribution is 5.89. The van der Waals surface area contributed by atoms with Crippen LogP contribution in [0.3, 0.4) is 0 Å². The fraction of sp³-hybridized carbons (Fsp3) is 0.273. The first-order valence-electron chi connectivity index (χ1n) is 9.44. The second kappa shape index (κ2) is 8.26. The SMILES string of the molecule is Cc1ccc2c(c1)c(C(C)NC(=O)[C@H](Cc1ccc(O)cc1)NC(N)=O)cn2C. The Kier molecular flexibility index (Phi) is 5.77. The molecule has 0 radical (unpaired) electrons. The van der Waals surface area contributed by atoms with Crippen LogP contribution >= 0.6 is 0 Å². The molecule has 0 aliphatic heterocycles. The van der Waals surface area contributed by atoms with Crippen molar-refractivity contribution < 1.29 is 14.7 Å². The lowest BCUT2D eigenvalue weighted by molar-refractivity contribution is -0.123. The summed E-state index contributed by atoms with van der Waals surface area (Å²) in [7, 11) is 1.97. The van der Waals surface area contributed by atoms with Crippen molar-refractivity contribution in [3.8, 4) is 5.75 Å². The van der Waals surface area contributed by atoms with E-state index in [0.717, 1.165) is 27.6 Å². The smallest absolute Gasteiger partial charge is 0.312 e. The number of aromatic nitrogens is 1. The molecule has 3 rings (SSSR count). The van der Waals surface area contributed by atoms with E-state index in [1.165, 1.54) is 12.1 Å². The number of amides is 3. The summed E-state index contributed by atoms with van der Waals surface area (Å²) in [6.07, 6.45) is 2.27. The number of hydrogen-bond donors (Lipinski definition) is 4. The van der Waals surface area contributed by atoms with E-state index >= 15 is 0 Å². The normalized spacial score (nSPS) is 13.1. The quantitative estimate of drug-likeness (QED) is 0.516. The molecule has 0 bridgehead atoms. The summed E-state index contributed by atoms with van der Waals surface area (Å²) < 4.78 is 2.03. The van der Waals surface area contributed by atoms with E-state index < -0.39 is 12.1 Å². The average molecular weight is 394 g/mol. The molecule has 152 valence electrons. The topological polar surface area (TPSA) is 109 Å². The van der Waals surface area contributed by atoms with E-state index in [-0.39, 0.29) is 24.1 Å². The van der Waals surface area contributed by atoms with E-state index in [0.29, 0.717) is 0 Å². The zero-order valence-electron chi connectivity index (χ0n) is 16.8. The highest BCUT2D eigenvalue weighted by Crippen LogP contribution is 2.27. The van der Waals surface area contributed by atoms with Gasteiger partial charge in [0, 0.05) is 30.6 Å². The third-order valence-electron chi connectivity index (χ3n) is 5.01. The van der Waals surface area contributed by atoms with Gasteiger partial charge in [0.2, 0.25) is 5.91 Å². The van der Waals surface area contributed by atoms with Gasteiger partial charge in [-0.2, -0.15) is 0 Å². The maximum absolute atomic E-state index is 12.9. The first-order chi connectivity index (χ1) is 13.7. The number of carbonyl (C=O) groups excluding carboxylic acids is 2. The van der Waals surface area contributed by atoms with E-state index in [1.807, 2.05) is 31.7 Å². The van der Waals surface area contributed by atoms with Crippen molar-refractivity contribution in [2.24, 2.45) is 12.8 Å². The molecule has 0 spiro atoms. The summed E-state index contributed by atoms with van der Waals surface area (Å²) in [6.45, 7) is 3.95. The third kappa shape index (κ3) is 4.68. The van der Waals surface area contributed by atoms with Gasteiger partial charge in [-0.05, 0) is 49.2 Å².